The molecule has 0 saturated heterocycles. The fraction of sp³-hybridized carbons (Fsp3) is 0.455. The van der Waals surface area contributed by atoms with Gasteiger partial charge in [-0.3, -0.25) is 0 Å². The molecule has 0 aliphatic rings. The molecular weight excluding hydrogens is 259 g/mol. The van der Waals surface area contributed by atoms with E-state index in [2.05, 4.69) is 10.0 Å². The van der Waals surface area contributed by atoms with Crippen molar-refractivity contribution < 1.29 is 17.9 Å². The molecule has 0 fully saturated rings. The number of phenolic OH excluding ortho intramolecular Hbond substituents is 1. The van der Waals surface area contributed by atoms with Gasteiger partial charge in [-0.1, -0.05) is 0 Å². The van der Waals surface area contributed by atoms with Crippen molar-refractivity contribution in [1.29, 1.82) is 0 Å². The van der Waals surface area contributed by atoms with Crippen LogP contribution in [0, 0.1) is 5.82 Å². The molecule has 3 N–H and O–H groups in total. The number of hydrogen-bond acceptors (Lipinski definition) is 4. The summed E-state index contributed by atoms with van der Waals surface area (Å²) in [6, 6.07) is 3.85. The maximum absolute atomic E-state index is 12.9. The zero-order valence-electron chi connectivity index (χ0n) is 10.1. The summed E-state index contributed by atoms with van der Waals surface area (Å²) in [6.45, 7) is 1.38. The molecular formula is C11H17FN2O3S. The van der Waals surface area contributed by atoms with Crippen LogP contribution in [0.3, 0.4) is 0 Å². The van der Waals surface area contributed by atoms with Gasteiger partial charge in [-0.05, 0) is 30.7 Å². The highest BCUT2D eigenvalue weighted by atomic mass is 32.2. The number of hydrogen-bond donors (Lipinski definition) is 3. The number of halogens is 1. The van der Waals surface area contributed by atoms with E-state index >= 15 is 0 Å². The number of nitrogens with one attached hydrogen (secondary N) is 2. The molecule has 0 unspecified atom stereocenters. The van der Waals surface area contributed by atoms with Gasteiger partial charge in [-0.25, -0.2) is 17.5 Å². The topological polar surface area (TPSA) is 78.4 Å². The van der Waals surface area contributed by atoms with Crippen molar-refractivity contribution in [2.45, 2.75) is 13.0 Å². The van der Waals surface area contributed by atoms with Crippen molar-refractivity contribution in [2.75, 3.05) is 19.3 Å². The van der Waals surface area contributed by atoms with Crippen LogP contribution in [0.25, 0.3) is 0 Å². The normalized spacial score (nSPS) is 11.7. The van der Waals surface area contributed by atoms with Crippen molar-refractivity contribution in [3.05, 3.63) is 29.6 Å². The minimum Gasteiger partial charge on any atom is -0.508 e. The minimum atomic E-state index is -3.14. The average molecular weight is 276 g/mol. The Morgan fingerprint density at radius 3 is 2.61 bits per heavy atom. The van der Waals surface area contributed by atoms with Crippen LogP contribution < -0.4 is 10.0 Å². The number of phenols is 1. The van der Waals surface area contributed by atoms with Gasteiger partial charge in [0.2, 0.25) is 10.0 Å². The van der Waals surface area contributed by atoms with Crippen molar-refractivity contribution in [3.63, 3.8) is 0 Å². The molecule has 102 valence electrons. The second kappa shape index (κ2) is 6.67. The van der Waals surface area contributed by atoms with Crippen LogP contribution in [0.1, 0.15) is 12.0 Å². The van der Waals surface area contributed by atoms with Crippen molar-refractivity contribution >= 4 is 10.0 Å². The molecule has 0 aliphatic carbocycles. The molecule has 0 radical (unpaired) electrons. The molecule has 1 aromatic rings. The molecule has 1 aromatic carbocycles. The van der Waals surface area contributed by atoms with Gasteiger partial charge in [-0.15, -0.1) is 0 Å². The first-order valence-corrected chi connectivity index (χ1v) is 7.40. The Balaban J connectivity index is 2.22. The van der Waals surface area contributed by atoms with Crippen LogP contribution in [0.15, 0.2) is 18.2 Å². The maximum Gasteiger partial charge on any atom is 0.208 e. The zero-order chi connectivity index (χ0) is 13.6. The van der Waals surface area contributed by atoms with Gasteiger partial charge in [0.25, 0.3) is 0 Å². The fourth-order valence-electron chi connectivity index (χ4n) is 1.44. The second-order valence-corrected chi connectivity index (χ2v) is 5.85. The van der Waals surface area contributed by atoms with Gasteiger partial charge in [-0.2, -0.15) is 0 Å². The van der Waals surface area contributed by atoms with Crippen LogP contribution in [0.2, 0.25) is 0 Å². The Labute approximate surface area is 106 Å². The Morgan fingerprint density at radius 1 is 1.28 bits per heavy atom. The molecule has 0 saturated carbocycles. The third-order valence-electron chi connectivity index (χ3n) is 2.17. The maximum atomic E-state index is 12.9. The predicted molar refractivity (Wildman–Crippen MR) is 67.2 cm³/mol. The van der Waals surface area contributed by atoms with Gasteiger partial charge in [0.1, 0.15) is 11.6 Å². The molecule has 0 aromatic heterocycles. The van der Waals surface area contributed by atoms with Crippen molar-refractivity contribution in [3.8, 4) is 5.75 Å². The summed E-state index contributed by atoms with van der Waals surface area (Å²) >= 11 is 0. The standard InChI is InChI=1S/C11H17FN2O3S/c1-18(16,17)14-4-2-3-13-8-9-5-10(12)7-11(15)6-9/h5-7,13-15H,2-4,8H2,1H3. The van der Waals surface area contributed by atoms with E-state index in [1.807, 2.05) is 0 Å². The highest BCUT2D eigenvalue weighted by Crippen LogP contribution is 2.14. The molecule has 7 heteroatoms. The minimum absolute atomic E-state index is 0.106. The van der Waals surface area contributed by atoms with Gasteiger partial charge >= 0.3 is 0 Å². The first-order chi connectivity index (χ1) is 8.37. The monoisotopic (exact) mass is 276 g/mol. The summed E-state index contributed by atoms with van der Waals surface area (Å²) in [7, 11) is -3.14. The molecule has 5 nitrogen and oxygen atoms in total. The smallest absolute Gasteiger partial charge is 0.208 e. The molecule has 0 bridgehead atoms. The first-order valence-electron chi connectivity index (χ1n) is 5.50. The van der Waals surface area contributed by atoms with Crippen molar-refractivity contribution in [2.24, 2.45) is 0 Å². The summed E-state index contributed by atoms with van der Waals surface area (Å²) in [6.07, 6.45) is 1.74. The van der Waals surface area contributed by atoms with Crippen LogP contribution >= 0.6 is 0 Å². The van der Waals surface area contributed by atoms with Gasteiger partial charge in [0.15, 0.2) is 0 Å². The second-order valence-electron chi connectivity index (χ2n) is 4.01. The number of rotatable bonds is 7. The van der Waals surface area contributed by atoms with Gasteiger partial charge in [0.05, 0.1) is 6.26 Å². The van der Waals surface area contributed by atoms with E-state index in [1.165, 1.54) is 12.1 Å². The fourth-order valence-corrected chi connectivity index (χ4v) is 1.95. The zero-order valence-corrected chi connectivity index (χ0v) is 10.9. The predicted octanol–water partition coefficient (Wildman–Crippen LogP) is 0.560. The molecule has 0 heterocycles. The van der Waals surface area contributed by atoms with E-state index in [0.29, 0.717) is 31.6 Å². The largest absolute Gasteiger partial charge is 0.508 e. The Kier molecular flexibility index (Phi) is 5.52. The third-order valence-corrected chi connectivity index (χ3v) is 2.89. The number of benzene rings is 1. The van der Waals surface area contributed by atoms with E-state index in [1.54, 1.807) is 0 Å². The average Bonchev–Trinajstić information content (AvgIpc) is 2.20. The van der Waals surface area contributed by atoms with Crippen LogP contribution in [0.4, 0.5) is 4.39 Å². The lowest BCUT2D eigenvalue weighted by Gasteiger charge is -2.06. The number of aromatic hydroxyl groups is 1. The molecule has 1 rings (SSSR count). The Bertz CT molecular complexity index is 471. The molecule has 0 aliphatic heterocycles. The van der Waals surface area contributed by atoms with Crippen LogP contribution in [0.5, 0.6) is 5.75 Å². The van der Waals surface area contributed by atoms with Crippen molar-refractivity contribution in [1.82, 2.24) is 10.0 Å². The van der Waals surface area contributed by atoms with Gasteiger partial charge in [0, 0.05) is 19.2 Å². The van der Waals surface area contributed by atoms with Crippen LogP contribution in [-0.4, -0.2) is 32.9 Å². The lowest BCUT2D eigenvalue weighted by atomic mass is 10.2. The quantitative estimate of drug-likeness (QED) is 0.636. The van der Waals surface area contributed by atoms with Gasteiger partial charge < -0.3 is 10.4 Å². The summed E-state index contributed by atoms with van der Waals surface area (Å²) in [5.41, 5.74) is 0.642. The molecule has 0 amide bonds. The molecule has 0 atom stereocenters. The van der Waals surface area contributed by atoms with E-state index in [9.17, 15) is 17.9 Å². The van der Waals surface area contributed by atoms with E-state index in [-0.39, 0.29) is 5.75 Å². The lowest BCUT2D eigenvalue weighted by molar-refractivity contribution is 0.467. The highest BCUT2D eigenvalue weighted by Gasteiger charge is 2.00. The summed E-state index contributed by atoms with van der Waals surface area (Å²) in [5.74, 6) is -0.587. The summed E-state index contributed by atoms with van der Waals surface area (Å²) < 4.78 is 36.8. The van der Waals surface area contributed by atoms with Crippen LogP contribution in [-0.2, 0) is 16.6 Å². The highest BCUT2D eigenvalue weighted by molar-refractivity contribution is 7.88. The van der Waals surface area contributed by atoms with E-state index < -0.39 is 15.8 Å². The Hall–Kier alpha value is -1.18. The third kappa shape index (κ3) is 6.53. The SMILES string of the molecule is CS(=O)(=O)NCCCNCc1cc(O)cc(F)c1. The molecule has 18 heavy (non-hydrogen) atoms. The van der Waals surface area contributed by atoms with E-state index in [0.717, 1.165) is 12.3 Å². The summed E-state index contributed by atoms with van der Waals surface area (Å²) in [5, 5.41) is 12.2. The number of sulfonamides is 1. The molecule has 0 spiro atoms. The lowest BCUT2D eigenvalue weighted by Crippen LogP contribution is -2.26. The van der Waals surface area contributed by atoms with E-state index in [4.69, 9.17) is 0 Å². The Morgan fingerprint density at radius 2 is 2.00 bits per heavy atom. The summed E-state index contributed by atoms with van der Waals surface area (Å²) in [4.78, 5) is 0. The first kappa shape index (κ1) is 14.9.